The molecule has 0 aliphatic heterocycles. The van der Waals surface area contributed by atoms with E-state index in [9.17, 15) is 0 Å². The van der Waals surface area contributed by atoms with E-state index in [0.29, 0.717) is 0 Å². The van der Waals surface area contributed by atoms with Gasteiger partial charge in [-0.25, -0.2) is 4.98 Å². The second-order valence-corrected chi connectivity index (χ2v) is 5.52. The Morgan fingerprint density at radius 1 is 1.28 bits per heavy atom. The maximum Gasteiger partial charge on any atom is 0.149 e. The van der Waals surface area contributed by atoms with Crippen LogP contribution in [0.2, 0.25) is 0 Å². The summed E-state index contributed by atoms with van der Waals surface area (Å²) in [6.07, 6.45) is 10.3. The number of rotatable bonds is 7. The Morgan fingerprint density at radius 2 is 2.11 bits per heavy atom. The van der Waals surface area contributed by atoms with Crippen LogP contribution in [0.3, 0.4) is 0 Å². The van der Waals surface area contributed by atoms with Gasteiger partial charge in [0, 0.05) is 19.1 Å². The summed E-state index contributed by atoms with van der Waals surface area (Å²) >= 11 is 0. The Hall–Kier alpha value is -1.32. The van der Waals surface area contributed by atoms with E-state index in [4.69, 9.17) is 4.98 Å². The van der Waals surface area contributed by atoms with Crippen LogP contribution >= 0.6 is 0 Å². The zero-order valence-corrected chi connectivity index (χ0v) is 11.1. The van der Waals surface area contributed by atoms with Gasteiger partial charge in [-0.3, -0.25) is 4.98 Å². The molecule has 2 aliphatic rings. The quantitative estimate of drug-likeness (QED) is 0.803. The van der Waals surface area contributed by atoms with Crippen molar-refractivity contribution in [2.24, 2.45) is 5.92 Å². The molecule has 0 amide bonds. The summed E-state index contributed by atoms with van der Waals surface area (Å²) in [4.78, 5) is 11.5. The lowest BCUT2D eigenvalue weighted by Crippen LogP contribution is -2.29. The number of aromatic nitrogens is 2. The maximum atomic E-state index is 4.70. The van der Waals surface area contributed by atoms with Gasteiger partial charge in [-0.15, -0.1) is 0 Å². The summed E-state index contributed by atoms with van der Waals surface area (Å²) in [5.41, 5.74) is 0. The number of nitrogens with one attached hydrogen (secondary N) is 1. The van der Waals surface area contributed by atoms with Crippen LogP contribution in [0.5, 0.6) is 0 Å². The fourth-order valence-corrected chi connectivity index (χ4v) is 2.23. The highest BCUT2D eigenvalue weighted by molar-refractivity contribution is 5.46. The maximum absolute atomic E-state index is 4.70. The molecule has 0 bridgehead atoms. The predicted molar refractivity (Wildman–Crippen MR) is 73.9 cm³/mol. The summed E-state index contributed by atoms with van der Waals surface area (Å²) in [6.45, 7) is 4.30. The molecule has 0 atom stereocenters. The van der Waals surface area contributed by atoms with Crippen molar-refractivity contribution in [3.05, 3.63) is 12.4 Å². The van der Waals surface area contributed by atoms with Gasteiger partial charge < -0.3 is 10.2 Å². The van der Waals surface area contributed by atoms with E-state index in [1.54, 1.807) is 0 Å². The molecule has 0 spiro atoms. The summed E-state index contributed by atoms with van der Waals surface area (Å²) in [6, 6.07) is 0.723. The van der Waals surface area contributed by atoms with Crippen molar-refractivity contribution in [2.75, 3.05) is 23.3 Å². The van der Waals surface area contributed by atoms with Crippen LogP contribution in [0.1, 0.15) is 39.0 Å². The van der Waals surface area contributed by atoms with Crippen LogP contribution in [-0.4, -0.2) is 29.1 Å². The van der Waals surface area contributed by atoms with Crippen LogP contribution in [0.4, 0.5) is 11.6 Å². The molecule has 0 aromatic carbocycles. The van der Waals surface area contributed by atoms with Crippen molar-refractivity contribution in [3.8, 4) is 0 Å². The molecule has 98 valence electrons. The van der Waals surface area contributed by atoms with Crippen LogP contribution < -0.4 is 10.2 Å². The Balaban J connectivity index is 1.71. The average Bonchev–Trinajstić information content (AvgIpc) is 3.27. The van der Waals surface area contributed by atoms with Gasteiger partial charge in [0.2, 0.25) is 0 Å². The van der Waals surface area contributed by atoms with Crippen molar-refractivity contribution >= 4 is 11.6 Å². The van der Waals surface area contributed by atoms with Gasteiger partial charge in [0.25, 0.3) is 0 Å². The number of hydrogen-bond donors (Lipinski definition) is 1. The molecular formula is C14H22N4. The van der Waals surface area contributed by atoms with E-state index in [1.165, 1.54) is 32.2 Å². The van der Waals surface area contributed by atoms with Crippen LogP contribution in [0.25, 0.3) is 0 Å². The Bertz CT molecular complexity index is 399. The number of anilines is 2. The average molecular weight is 246 g/mol. The molecule has 4 heteroatoms. The molecule has 2 saturated carbocycles. The first kappa shape index (κ1) is 11.8. The van der Waals surface area contributed by atoms with Gasteiger partial charge >= 0.3 is 0 Å². The molecular weight excluding hydrogens is 224 g/mol. The monoisotopic (exact) mass is 246 g/mol. The normalized spacial score (nSPS) is 18.7. The van der Waals surface area contributed by atoms with Crippen LogP contribution in [0.15, 0.2) is 12.4 Å². The van der Waals surface area contributed by atoms with Gasteiger partial charge in [-0.1, -0.05) is 6.92 Å². The molecule has 4 nitrogen and oxygen atoms in total. The Labute approximate surface area is 109 Å². The third kappa shape index (κ3) is 2.92. The number of nitrogens with zero attached hydrogens (tertiary/aromatic N) is 3. The minimum absolute atomic E-state index is 0.723. The fourth-order valence-electron chi connectivity index (χ4n) is 2.23. The van der Waals surface area contributed by atoms with Crippen molar-refractivity contribution in [2.45, 2.75) is 45.1 Å². The van der Waals surface area contributed by atoms with Crippen LogP contribution in [-0.2, 0) is 0 Å². The first-order valence-electron chi connectivity index (χ1n) is 7.19. The standard InChI is InChI=1S/C14H22N4/c1-2-7-16-13-8-15-9-14(17-13)18(12-5-6-12)10-11-3-4-11/h8-9,11-12H,2-7,10H2,1H3,(H,16,17). The SMILES string of the molecule is CCCNc1cncc(N(CC2CC2)C2CC2)n1. The molecule has 0 radical (unpaired) electrons. The highest BCUT2D eigenvalue weighted by Crippen LogP contribution is 2.36. The second-order valence-electron chi connectivity index (χ2n) is 5.52. The van der Waals surface area contributed by atoms with E-state index < -0.39 is 0 Å². The van der Waals surface area contributed by atoms with Crippen molar-refractivity contribution in [3.63, 3.8) is 0 Å². The van der Waals surface area contributed by atoms with Crippen molar-refractivity contribution in [1.29, 1.82) is 0 Å². The zero-order chi connectivity index (χ0) is 12.4. The molecule has 0 unspecified atom stereocenters. The van der Waals surface area contributed by atoms with Gasteiger partial charge in [-0.2, -0.15) is 0 Å². The largest absolute Gasteiger partial charge is 0.369 e. The lowest BCUT2D eigenvalue weighted by atomic mass is 10.3. The molecule has 1 aromatic heterocycles. The molecule has 3 rings (SSSR count). The summed E-state index contributed by atoms with van der Waals surface area (Å²) in [5, 5.41) is 3.32. The van der Waals surface area contributed by atoms with Crippen molar-refractivity contribution in [1.82, 2.24) is 9.97 Å². The van der Waals surface area contributed by atoms with E-state index in [2.05, 4.69) is 22.1 Å². The molecule has 1 heterocycles. The topological polar surface area (TPSA) is 41.1 Å². The van der Waals surface area contributed by atoms with Gasteiger partial charge in [0.1, 0.15) is 11.6 Å². The molecule has 0 saturated heterocycles. The van der Waals surface area contributed by atoms with E-state index in [-0.39, 0.29) is 0 Å². The second kappa shape index (κ2) is 5.12. The summed E-state index contributed by atoms with van der Waals surface area (Å²) in [7, 11) is 0. The smallest absolute Gasteiger partial charge is 0.149 e. The first-order valence-corrected chi connectivity index (χ1v) is 7.19. The fraction of sp³-hybridized carbons (Fsp3) is 0.714. The first-order chi connectivity index (χ1) is 8.86. The van der Waals surface area contributed by atoms with Gasteiger partial charge in [-0.05, 0) is 38.0 Å². The Kier molecular flexibility index (Phi) is 3.35. The highest BCUT2D eigenvalue weighted by atomic mass is 15.3. The molecule has 18 heavy (non-hydrogen) atoms. The van der Waals surface area contributed by atoms with E-state index in [0.717, 1.165) is 36.6 Å². The molecule has 2 aliphatic carbocycles. The summed E-state index contributed by atoms with van der Waals surface area (Å²) < 4.78 is 0. The van der Waals surface area contributed by atoms with E-state index >= 15 is 0 Å². The zero-order valence-electron chi connectivity index (χ0n) is 11.1. The minimum atomic E-state index is 0.723. The number of hydrogen-bond acceptors (Lipinski definition) is 4. The predicted octanol–water partition coefficient (Wildman–Crippen LogP) is 2.68. The summed E-state index contributed by atoms with van der Waals surface area (Å²) in [5.74, 6) is 2.88. The molecule has 1 N–H and O–H groups in total. The van der Waals surface area contributed by atoms with Crippen molar-refractivity contribution < 1.29 is 0 Å². The van der Waals surface area contributed by atoms with Gasteiger partial charge in [0.15, 0.2) is 0 Å². The third-order valence-electron chi connectivity index (χ3n) is 3.61. The lowest BCUT2D eigenvalue weighted by Gasteiger charge is -2.23. The van der Waals surface area contributed by atoms with Gasteiger partial charge in [0.05, 0.1) is 12.4 Å². The Morgan fingerprint density at radius 3 is 2.78 bits per heavy atom. The van der Waals surface area contributed by atoms with Crippen LogP contribution in [0, 0.1) is 5.92 Å². The lowest BCUT2D eigenvalue weighted by molar-refractivity contribution is 0.707. The van der Waals surface area contributed by atoms with E-state index in [1.807, 2.05) is 12.4 Å². The minimum Gasteiger partial charge on any atom is -0.369 e. The highest BCUT2D eigenvalue weighted by Gasteiger charge is 2.34. The molecule has 1 aromatic rings. The molecule has 2 fully saturated rings. The third-order valence-corrected chi connectivity index (χ3v) is 3.61.